The quantitative estimate of drug-likeness (QED) is 0.600. The van der Waals surface area contributed by atoms with Gasteiger partial charge in [-0.3, -0.25) is 9.79 Å². The molecule has 1 aliphatic carbocycles. The Morgan fingerprint density at radius 1 is 1.28 bits per heavy atom. The maximum atomic E-state index is 12.3. The van der Waals surface area contributed by atoms with Crippen molar-refractivity contribution in [1.82, 2.24) is 0 Å². The number of ether oxygens (including phenoxy) is 1. The molecule has 1 N–H and O–H groups in total. The summed E-state index contributed by atoms with van der Waals surface area (Å²) in [6, 6.07) is 0. The number of esters is 1. The average molecular weight is 399 g/mol. The number of nitrogens with one attached hydrogen (secondary N) is 1. The van der Waals surface area contributed by atoms with E-state index >= 15 is 0 Å². The number of aryl methyl sites for hydroxylation is 1. The third-order valence-corrected chi connectivity index (χ3v) is 7.64. The fourth-order valence-corrected chi connectivity index (χ4v) is 6.28. The predicted octanol–water partition coefficient (Wildman–Crippen LogP) is 3.97. The van der Waals surface area contributed by atoms with Crippen LogP contribution >= 0.6 is 34.9 Å². The molecule has 2 heterocycles. The van der Waals surface area contributed by atoms with E-state index in [1.807, 2.05) is 0 Å². The lowest BCUT2D eigenvalue weighted by molar-refractivity contribution is -0.115. The van der Waals surface area contributed by atoms with E-state index in [2.05, 4.69) is 10.3 Å². The van der Waals surface area contributed by atoms with E-state index < -0.39 is 0 Å². The van der Waals surface area contributed by atoms with Crippen LogP contribution in [0.2, 0.25) is 0 Å². The number of hydrogen-bond donors (Lipinski definition) is 1. The molecule has 1 aliphatic heterocycles. The van der Waals surface area contributed by atoms with Crippen molar-refractivity contribution >= 4 is 56.1 Å². The van der Waals surface area contributed by atoms with Crippen LogP contribution in [-0.2, 0) is 22.4 Å². The molecule has 0 bridgehead atoms. The van der Waals surface area contributed by atoms with Gasteiger partial charge in [-0.15, -0.1) is 11.3 Å². The Morgan fingerprint density at radius 2 is 2.12 bits per heavy atom. The van der Waals surface area contributed by atoms with E-state index in [-0.39, 0.29) is 11.9 Å². The molecule has 1 amide bonds. The van der Waals surface area contributed by atoms with E-state index in [4.69, 9.17) is 4.74 Å². The van der Waals surface area contributed by atoms with Gasteiger partial charge in [0.2, 0.25) is 5.91 Å². The summed E-state index contributed by atoms with van der Waals surface area (Å²) >= 11 is 4.92. The molecule has 0 saturated carbocycles. The van der Waals surface area contributed by atoms with Crippen LogP contribution in [-0.4, -0.2) is 41.4 Å². The SMILES string of the molecule is COC(=O)c1c(NC(=O)CCSC2=NCCS2)sc2c1CCCCC2. The number of thiophene rings is 1. The fourth-order valence-electron chi connectivity index (χ4n) is 2.97. The molecule has 25 heavy (non-hydrogen) atoms. The number of carbonyl (C=O) groups is 2. The van der Waals surface area contributed by atoms with Gasteiger partial charge in [0.05, 0.1) is 19.2 Å². The molecule has 1 aromatic heterocycles. The molecule has 0 radical (unpaired) electrons. The molecule has 0 saturated heterocycles. The summed E-state index contributed by atoms with van der Waals surface area (Å²) in [4.78, 5) is 30.2. The van der Waals surface area contributed by atoms with Gasteiger partial charge in [-0.1, -0.05) is 29.9 Å². The number of anilines is 1. The molecule has 0 spiro atoms. The van der Waals surface area contributed by atoms with Crippen LogP contribution in [0.4, 0.5) is 5.00 Å². The highest BCUT2D eigenvalue weighted by Crippen LogP contribution is 2.38. The highest BCUT2D eigenvalue weighted by atomic mass is 32.2. The van der Waals surface area contributed by atoms with Gasteiger partial charge in [0.25, 0.3) is 0 Å². The van der Waals surface area contributed by atoms with Gasteiger partial charge in [-0.25, -0.2) is 4.79 Å². The maximum absolute atomic E-state index is 12.3. The number of methoxy groups -OCH3 is 1. The molecule has 1 aromatic rings. The molecule has 5 nitrogen and oxygen atoms in total. The smallest absolute Gasteiger partial charge is 0.341 e. The number of nitrogens with zero attached hydrogens (tertiary/aromatic N) is 1. The molecule has 0 atom stereocenters. The summed E-state index contributed by atoms with van der Waals surface area (Å²) in [6.45, 7) is 0.877. The van der Waals surface area contributed by atoms with Crippen molar-refractivity contribution in [3.05, 3.63) is 16.0 Å². The second-order valence-corrected chi connectivity index (χ2v) is 9.43. The van der Waals surface area contributed by atoms with Crippen LogP contribution in [0.5, 0.6) is 0 Å². The minimum Gasteiger partial charge on any atom is -0.465 e. The van der Waals surface area contributed by atoms with Gasteiger partial charge in [0, 0.05) is 22.8 Å². The lowest BCUT2D eigenvalue weighted by Crippen LogP contribution is -2.15. The van der Waals surface area contributed by atoms with Crippen molar-refractivity contribution in [2.75, 3.05) is 30.5 Å². The number of hydrogen-bond acceptors (Lipinski definition) is 7. The monoisotopic (exact) mass is 398 g/mol. The van der Waals surface area contributed by atoms with Crippen molar-refractivity contribution in [2.45, 2.75) is 38.5 Å². The number of rotatable bonds is 5. The number of amides is 1. The van der Waals surface area contributed by atoms with Crippen LogP contribution in [0.1, 0.15) is 46.5 Å². The van der Waals surface area contributed by atoms with E-state index in [0.717, 1.165) is 47.9 Å². The molecule has 136 valence electrons. The number of fused-ring (bicyclic) bond motifs is 1. The lowest BCUT2D eigenvalue weighted by atomic mass is 10.1. The molecular weight excluding hydrogens is 376 g/mol. The van der Waals surface area contributed by atoms with Gasteiger partial charge in [-0.2, -0.15) is 0 Å². The van der Waals surface area contributed by atoms with E-state index in [0.29, 0.717) is 22.7 Å². The van der Waals surface area contributed by atoms with Gasteiger partial charge in [0.15, 0.2) is 0 Å². The van der Waals surface area contributed by atoms with Gasteiger partial charge in [-0.05, 0) is 31.2 Å². The Balaban J connectivity index is 1.66. The molecular formula is C17H22N2O3S3. The van der Waals surface area contributed by atoms with E-state index in [9.17, 15) is 9.59 Å². The second kappa shape index (κ2) is 9.09. The highest BCUT2D eigenvalue weighted by Gasteiger charge is 2.26. The van der Waals surface area contributed by atoms with Gasteiger partial charge in [0.1, 0.15) is 9.38 Å². The topological polar surface area (TPSA) is 67.8 Å². The van der Waals surface area contributed by atoms with Crippen LogP contribution in [0.15, 0.2) is 4.99 Å². The zero-order valence-electron chi connectivity index (χ0n) is 14.3. The third-order valence-electron chi connectivity index (χ3n) is 4.18. The summed E-state index contributed by atoms with van der Waals surface area (Å²) in [5.74, 6) is 1.34. The maximum Gasteiger partial charge on any atom is 0.341 e. The number of carbonyl (C=O) groups excluding carboxylic acids is 2. The zero-order valence-corrected chi connectivity index (χ0v) is 16.7. The van der Waals surface area contributed by atoms with Crippen LogP contribution in [0.25, 0.3) is 0 Å². The van der Waals surface area contributed by atoms with Crippen LogP contribution < -0.4 is 5.32 Å². The summed E-state index contributed by atoms with van der Waals surface area (Å²) in [7, 11) is 1.39. The first kappa shape index (κ1) is 18.8. The Labute approximate surface area is 160 Å². The minimum atomic E-state index is -0.346. The van der Waals surface area contributed by atoms with Gasteiger partial charge >= 0.3 is 5.97 Å². The Kier molecular flexibility index (Phi) is 6.84. The summed E-state index contributed by atoms with van der Waals surface area (Å²) in [5.41, 5.74) is 1.65. The minimum absolute atomic E-state index is 0.0577. The standard InChI is InChI=1S/C17H22N2O3S3/c1-22-16(21)14-11-5-3-2-4-6-12(11)25-15(14)19-13(20)7-9-23-17-18-8-10-24-17/h2-10H2,1H3,(H,19,20). The van der Waals surface area contributed by atoms with Crippen molar-refractivity contribution < 1.29 is 14.3 Å². The summed E-state index contributed by atoms with van der Waals surface area (Å²) in [5, 5.41) is 3.60. The first-order chi connectivity index (χ1) is 12.2. The van der Waals surface area contributed by atoms with E-state index in [1.54, 1.807) is 23.5 Å². The molecule has 0 unspecified atom stereocenters. The summed E-state index contributed by atoms with van der Waals surface area (Å²) < 4.78 is 6.04. The largest absolute Gasteiger partial charge is 0.465 e. The molecule has 3 rings (SSSR count). The number of thioether (sulfide) groups is 2. The highest BCUT2D eigenvalue weighted by molar-refractivity contribution is 8.39. The van der Waals surface area contributed by atoms with E-state index in [1.165, 1.54) is 29.7 Å². The van der Waals surface area contributed by atoms with Crippen molar-refractivity contribution in [3.8, 4) is 0 Å². The predicted molar refractivity (Wildman–Crippen MR) is 107 cm³/mol. The van der Waals surface area contributed by atoms with Crippen LogP contribution in [0, 0.1) is 0 Å². The van der Waals surface area contributed by atoms with Crippen molar-refractivity contribution in [2.24, 2.45) is 4.99 Å². The average Bonchev–Trinajstić information content (AvgIpc) is 3.17. The summed E-state index contributed by atoms with van der Waals surface area (Å²) in [6.07, 6.45) is 5.68. The Hall–Kier alpha value is -0.990. The lowest BCUT2D eigenvalue weighted by Gasteiger charge is -2.07. The number of aliphatic imine (C=N–C) groups is 1. The Bertz CT molecular complexity index is 685. The van der Waals surface area contributed by atoms with Crippen molar-refractivity contribution in [3.63, 3.8) is 0 Å². The first-order valence-corrected chi connectivity index (χ1v) is 11.3. The first-order valence-electron chi connectivity index (χ1n) is 8.51. The third kappa shape index (κ3) is 4.80. The second-order valence-electron chi connectivity index (χ2n) is 5.90. The molecule has 0 fully saturated rings. The molecule has 8 heteroatoms. The zero-order chi connectivity index (χ0) is 17.6. The normalized spacial score (nSPS) is 16.8. The van der Waals surface area contributed by atoms with Gasteiger partial charge < -0.3 is 10.1 Å². The Morgan fingerprint density at radius 3 is 2.88 bits per heavy atom. The van der Waals surface area contributed by atoms with Crippen molar-refractivity contribution in [1.29, 1.82) is 0 Å². The molecule has 2 aliphatic rings. The molecule has 0 aromatic carbocycles. The van der Waals surface area contributed by atoms with Crippen LogP contribution in [0.3, 0.4) is 0 Å². The fraction of sp³-hybridized carbons (Fsp3) is 0.588.